The molecule has 3 heterocycles. The summed E-state index contributed by atoms with van der Waals surface area (Å²) in [6.45, 7) is 7.20. The van der Waals surface area contributed by atoms with Crippen LogP contribution in [0.2, 0.25) is 0 Å². The molecule has 0 bridgehead atoms. The van der Waals surface area contributed by atoms with Crippen molar-refractivity contribution in [2.24, 2.45) is 0 Å². The van der Waals surface area contributed by atoms with E-state index >= 15 is 0 Å². The van der Waals surface area contributed by atoms with Crippen molar-refractivity contribution in [1.82, 2.24) is 14.6 Å². The maximum Gasteiger partial charge on any atom is 0.265 e. The summed E-state index contributed by atoms with van der Waals surface area (Å²) in [6, 6.07) is 1.52. The molecule has 1 aliphatic heterocycles. The van der Waals surface area contributed by atoms with Crippen LogP contribution in [0.25, 0.3) is 10.6 Å². The summed E-state index contributed by atoms with van der Waals surface area (Å²) < 4.78 is 27.8. The second-order valence-corrected chi connectivity index (χ2v) is 10.4. The molecule has 1 saturated heterocycles. The number of likely N-dealkylation sites (tertiary alicyclic amines) is 1. The summed E-state index contributed by atoms with van der Waals surface area (Å²) in [7, 11) is -3.52. The molecule has 0 saturated carbocycles. The van der Waals surface area contributed by atoms with E-state index < -0.39 is 10.0 Å². The summed E-state index contributed by atoms with van der Waals surface area (Å²) in [5.74, 6) is 0.0326. The van der Waals surface area contributed by atoms with E-state index in [4.69, 9.17) is 0 Å². The highest BCUT2D eigenvalue weighted by atomic mass is 32.2. The summed E-state index contributed by atoms with van der Waals surface area (Å²) in [6.07, 6.45) is 2.82. The lowest BCUT2D eigenvalue weighted by atomic mass is 10.3. The van der Waals surface area contributed by atoms with Crippen LogP contribution in [0.1, 0.15) is 48.5 Å². The Bertz CT molecular complexity index is 895. The quantitative estimate of drug-likeness (QED) is 0.786. The van der Waals surface area contributed by atoms with Crippen LogP contribution in [-0.4, -0.2) is 43.3 Å². The van der Waals surface area contributed by atoms with Crippen molar-refractivity contribution in [3.63, 3.8) is 0 Å². The van der Waals surface area contributed by atoms with Gasteiger partial charge in [-0.3, -0.25) is 4.79 Å². The molecule has 26 heavy (non-hydrogen) atoms. The fraction of sp³-hybridized carbons (Fsp3) is 0.529. The summed E-state index contributed by atoms with van der Waals surface area (Å²) >= 11 is 2.51. The number of nitrogens with one attached hydrogen (secondary N) is 1. The zero-order valence-electron chi connectivity index (χ0n) is 15.1. The molecule has 0 unspecified atom stereocenters. The Hall–Kier alpha value is -1.29. The van der Waals surface area contributed by atoms with Gasteiger partial charge in [-0.15, -0.1) is 22.7 Å². The number of nitrogens with zero attached hydrogens (tertiary/aromatic N) is 2. The third-order valence-electron chi connectivity index (χ3n) is 4.44. The van der Waals surface area contributed by atoms with E-state index in [-0.39, 0.29) is 16.2 Å². The Morgan fingerprint density at radius 2 is 2.08 bits per heavy atom. The Balaban J connectivity index is 1.84. The van der Waals surface area contributed by atoms with Crippen LogP contribution in [-0.2, 0) is 10.0 Å². The topological polar surface area (TPSA) is 79.4 Å². The molecule has 0 aliphatic carbocycles. The number of sulfonamides is 1. The molecule has 2 aromatic heterocycles. The molecule has 1 N–H and O–H groups in total. The molecule has 2 aromatic rings. The van der Waals surface area contributed by atoms with E-state index in [0.29, 0.717) is 15.6 Å². The van der Waals surface area contributed by atoms with Crippen molar-refractivity contribution in [3.8, 4) is 10.6 Å². The van der Waals surface area contributed by atoms with E-state index in [1.54, 1.807) is 11.4 Å². The molecule has 1 aliphatic rings. The van der Waals surface area contributed by atoms with Gasteiger partial charge in [-0.25, -0.2) is 18.1 Å². The Kier molecular flexibility index (Phi) is 5.81. The monoisotopic (exact) mass is 413 g/mol. The number of carbonyl (C=O) groups excluding carboxylic acids is 1. The van der Waals surface area contributed by atoms with Gasteiger partial charge in [0.05, 0.1) is 5.69 Å². The van der Waals surface area contributed by atoms with Crippen molar-refractivity contribution in [1.29, 1.82) is 0 Å². The second-order valence-electron chi connectivity index (χ2n) is 6.52. The number of amides is 1. The first kappa shape index (κ1) is 19.5. The van der Waals surface area contributed by atoms with Crippen LogP contribution in [0.4, 0.5) is 0 Å². The molecule has 1 atom stereocenters. The van der Waals surface area contributed by atoms with Crippen molar-refractivity contribution in [3.05, 3.63) is 22.0 Å². The third-order valence-corrected chi connectivity index (χ3v) is 8.66. The number of aromatic nitrogens is 1. The number of hydrogen-bond acceptors (Lipinski definition) is 6. The van der Waals surface area contributed by atoms with E-state index in [1.165, 1.54) is 22.7 Å². The molecule has 0 radical (unpaired) electrons. The maximum absolute atomic E-state index is 12.6. The number of hydrogen-bond donors (Lipinski definition) is 1. The molecule has 0 aromatic carbocycles. The highest BCUT2D eigenvalue weighted by Gasteiger charge is 2.25. The Labute approximate surface area is 162 Å². The molecule has 3 rings (SSSR count). The highest BCUT2D eigenvalue weighted by Crippen LogP contribution is 2.33. The van der Waals surface area contributed by atoms with E-state index in [0.717, 1.165) is 37.9 Å². The standard InChI is InChI=1S/C17H23N3O3S3/c1-4-11(2)19-26(22,23)14-9-13(10-24-14)16-18-12(3)15(25-16)17(21)20-7-5-6-8-20/h9-11,19H,4-8H2,1-3H3/t11-/m1/s1. The third kappa shape index (κ3) is 4.00. The highest BCUT2D eigenvalue weighted by molar-refractivity contribution is 7.91. The van der Waals surface area contributed by atoms with Gasteiger partial charge in [-0.05, 0) is 39.2 Å². The van der Waals surface area contributed by atoms with Crippen LogP contribution in [0, 0.1) is 6.92 Å². The number of carbonyl (C=O) groups is 1. The first-order valence-corrected chi connectivity index (χ1v) is 11.9. The Morgan fingerprint density at radius 1 is 1.38 bits per heavy atom. The van der Waals surface area contributed by atoms with Gasteiger partial charge in [0, 0.05) is 30.1 Å². The predicted molar refractivity (Wildman–Crippen MR) is 105 cm³/mol. The fourth-order valence-electron chi connectivity index (χ4n) is 2.76. The number of thiophene rings is 1. The minimum absolute atomic E-state index is 0.0326. The first-order chi connectivity index (χ1) is 12.3. The number of aryl methyl sites for hydroxylation is 1. The maximum atomic E-state index is 12.6. The molecule has 0 spiro atoms. The van der Waals surface area contributed by atoms with Crippen LogP contribution in [0.15, 0.2) is 15.7 Å². The molecule has 1 amide bonds. The summed E-state index contributed by atoms with van der Waals surface area (Å²) in [5.41, 5.74) is 1.45. The molecular formula is C17H23N3O3S3. The van der Waals surface area contributed by atoms with Gasteiger partial charge in [0.25, 0.3) is 5.91 Å². The van der Waals surface area contributed by atoms with E-state index in [9.17, 15) is 13.2 Å². The lowest BCUT2D eigenvalue weighted by Gasteiger charge is -2.13. The molecular weight excluding hydrogens is 390 g/mol. The molecule has 142 valence electrons. The SMILES string of the molecule is CC[C@@H](C)NS(=O)(=O)c1cc(-c2nc(C)c(C(=O)N3CCCC3)s2)cs1. The minimum Gasteiger partial charge on any atom is -0.338 e. The van der Waals surface area contributed by atoms with Crippen molar-refractivity contribution in [2.45, 2.75) is 50.3 Å². The Morgan fingerprint density at radius 3 is 2.73 bits per heavy atom. The summed E-state index contributed by atoms with van der Waals surface area (Å²) in [5, 5.41) is 2.47. The number of thiazole rings is 1. The molecule has 6 nitrogen and oxygen atoms in total. The van der Waals surface area contributed by atoms with E-state index in [1.807, 2.05) is 25.7 Å². The van der Waals surface area contributed by atoms with Gasteiger partial charge in [-0.2, -0.15) is 0 Å². The lowest BCUT2D eigenvalue weighted by molar-refractivity contribution is 0.0796. The zero-order chi connectivity index (χ0) is 18.9. The van der Waals surface area contributed by atoms with Gasteiger partial charge >= 0.3 is 0 Å². The largest absolute Gasteiger partial charge is 0.338 e. The molecule has 1 fully saturated rings. The normalized spacial score (nSPS) is 16.2. The first-order valence-electron chi connectivity index (χ1n) is 8.69. The number of rotatable bonds is 6. The van der Waals surface area contributed by atoms with Gasteiger partial charge < -0.3 is 4.90 Å². The van der Waals surface area contributed by atoms with Crippen molar-refractivity contribution in [2.75, 3.05) is 13.1 Å². The fourth-order valence-corrected chi connectivity index (χ4v) is 6.36. The second kappa shape index (κ2) is 7.75. The van der Waals surface area contributed by atoms with Crippen molar-refractivity contribution < 1.29 is 13.2 Å². The van der Waals surface area contributed by atoms with Gasteiger partial charge in [0.1, 0.15) is 14.1 Å². The van der Waals surface area contributed by atoms with E-state index in [2.05, 4.69) is 9.71 Å². The average molecular weight is 414 g/mol. The van der Waals surface area contributed by atoms with Crippen LogP contribution in [0.3, 0.4) is 0 Å². The van der Waals surface area contributed by atoms with Crippen LogP contribution >= 0.6 is 22.7 Å². The molecule has 9 heteroatoms. The van der Waals surface area contributed by atoms with Crippen molar-refractivity contribution >= 4 is 38.6 Å². The van der Waals surface area contributed by atoms with Gasteiger partial charge in [0.2, 0.25) is 10.0 Å². The average Bonchev–Trinajstić information content (AvgIpc) is 3.33. The van der Waals surface area contributed by atoms with Gasteiger partial charge in [-0.1, -0.05) is 6.92 Å². The minimum atomic E-state index is -3.52. The van der Waals surface area contributed by atoms with Crippen LogP contribution < -0.4 is 4.72 Å². The zero-order valence-corrected chi connectivity index (χ0v) is 17.6. The van der Waals surface area contributed by atoms with Gasteiger partial charge in [0.15, 0.2) is 0 Å². The summed E-state index contributed by atoms with van der Waals surface area (Å²) in [4.78, 5) is 19.6. The smallest absolute Gasteiger partial charge is 0.265 e. The predicted octanol–water partition coefficient (Wildman–Crippen LogP) is 3.49. The van der Waals surface area contributed by atoms with Crippen LogP contribution in [0.5, 0.6) is 0 Å². The lowest BCUT2D eigenvalue weighted by Crippen LogP contribution is -2.31.